The van der Waals surface area contributed by atoms with Crippen molar-refractivity contribution in [3.8, 4) is 0 Å². The normalized spacial score (nSPS) is 15.3. The van der Waals surface area contributed by atoms with Gasteiger partial charge in [-0.05, 0) is 14.1 Å². The van der Waals surface area contributed by atoms with Crippen LogP contribution in [0.1, 0.15) is 12.2 Å². The third kappa shape index (κ3) is 3.61. The molecule has 19 heavy (non-hydrogen) atoms. The summed E-state index contributed by atoms with van der Waals surface area (Å²) in [6.45, 7) is 1.68. The second-order valence-electron chi connectivity index (χ2n) is 4.97. The van der Waals surface area contributed by atoms with Gasteiger partial charge in [0.25, 0.3) is 0 Å². The lowest BCUT2D eigenvalue weighted by molar-refractivity contribution is -0.137. The molecule has 1 aromatic rings. The van der Waals surface area contributed by atoms with Gasteiger partial charge < -0.3 is 14.4 Å². The number of halogens is 2. The number of hydrogen-bond acceptors (Lipinski definition) is 3. The lowest BCUT2D eigenvalue weighted by Crippen LogP contribution is -2.59. The Balaban J connectivity index is 0.00000180. The van der Waals surface area contributed by atoms with Crippen molar-refractivity contribution in [2.24, 2.45) is 7.05 Å². The third-order valence-corrected chi connectivity index (χ3v) is 3.89. The number of carbonyl (C=O) groups excluding carboxylic acids is 1. The lowest BCUT2D eigenvalue weighted by atomic mass is 10.1. The first-order valence-corrected chi connectivity index (χ1v) is 6.47. The van der Waals surface area contributed by atoms with E-state index >= 15 is 0 Å². The number of hydrogen-bond donors (Lipinski definition) is 0. The summed E-state index contributed by atoms with van der Waals surface area (Å²) in [6, 6.07) is 0.511. The van der Waals surface area contributed by atoms with E-state index in [0.717, 1.165) is 18.9 Å². The Labute approximate surface area is 124 Å². The van der Waals surface area contributed by atoms with Gasteiger partial charge in [-0.2, -0.15) is 0 Å². The minimum absolute atomic E-state index is 0. The molecule has 0 aliphatic carbocycles. The molecule has 2 heterocycles. The fourth-order valence-corrected chi connectivity index (χ4v) is 2.17. The van der Waals surface area contributed by atoms with Gasteiger partial charge in [-0.25, -0.2) is 4.98 Å². The highest BCUT2D eigenvalue weighted by atomic mass is 35.5. The molecule has 1 amide bonds. The summed E-state index contributed by atoms with van der Waals surface area (Å²) in [4.78, 5) is 20.2. The van der Waals surface area contributed by atoms with Gasteiger partial charge in [0, 0.05) is 39.0 Å². The molecule has 0 saturated carbocycles. The Kier molecular flexibility index (Phi) is 5.64. The largest absolute Gasteiger partial charge is 0.339 e. The van der Waals surface area contributed by atoms with Crippen LogP contribution in [0.4, 0.5) is 0 Å². The van der Waals surface area contributed by atoms with Crippen LogP contribution in [0.2, 0.25) is 5.15 Å². The smallest absolute Gasteiger partial charge is 0.223 e. The van der Waals surface area contributed by atoms with Gasteiger partial charge in [0.05, 0.1) is 6.20 Å². The van der Waals surface area contributed by atoms with Gasteiger partial charge >= 0.3 is 0 Å². The van der Waals surface area contributed by atoms with E-state index in [1.165, 1.54) is 0 Å². The predicted molar refractivity (Wildman–Crippen MR) is 77.8 cm³/mol. The summed E-state index contributed by atoms with van der Waals surface area (Å²) >= 11 is 5.90. The zero-order valence-electron chi connectivity index (χ0n) is 11.5. The van der Waals surface area contributed by atoms with Gasteiger partial charge in [-0.15, -0.1) is 12.4 Å². The fourth-order valence-electron chi connectivity index (χ4n) is 2.02. The first kappa shape index (κ1) is 16.3. The van der Waals surface area contributed by atoms with Crippen molar-refractivity contribution in [2.45, 2.75) is 18.9 Å². The molecule has 7 heteroatoms. The number of carbonyl (C=O) groups is 1. The standard InChI is InChI=1S/C12H19ClN4O.ClH/c1-15(2)9-7-17(8-9)12(18)5-4-11-14-6-10(13)16(11)3;/h6,9H,4-5,7-8H2,1-3H3;1H. The number of likely N-dealkylation sites (tertiary alicyclic amines) is 1. The maximum atomic E-state index is 11.9. The number of nitrogens with zero attached hydrogens (tertiary/aromatic N) is 4. The highest BCUT2D eigenvalue weighted by molar-refractivity contribution is 6.29. The van der Waals surface area contributed by atoms with Crippen LogP contribution in [-0.4, -0.2) is 58.5 Å². The molecule has 108 valence electrons. The predicted octanol–water partition coefficient (Wildman–Crippen LogP) is 1.20. The van der Waals surface area contributed by atoms with Crippen molar-refractivity contribution in [1.29, 1.82) is 0 Å². The molecule has 1 aromatic heterocycles. The number of aromatic nitrogens is 2. The first-order chi connectivity index (χ1) is 8.49. The van der Waals surface area contributed by atoms with Crippen LogP contribution in [-0.2, 0) is 18.3 Å². The molecule has 1 fully saturated rings. The number of aryl methyl sites for hydroxylation is 1. The molecule has 1 saturated heterocycles. The maximum absolute atomic E-state index is 11.9. The molecule has 0 atom stereocenters. The molecule has 0 bridgehead atoms. The maximum Gasteiger partial charge on any atom is 0.223 e. The Morgan fingerprint density at radius 3 is 2.63 bits per heavy atom. The molecule has 1 aliphatic rings. The number of imidazole rings is 1. The zero-order chi connectivity index (χ0) is 13.3. The Morgan fingerprint density at radius 1 is 1.53 bits per heavy atom. The van der Waals surface area contributed by atoms with E-state index in [0.29, 0.717) is 24.0 Å². The molecular weight excluding hydrogens is 287 g/mol. The summed E-state index contributed by atoms with van der Waals surface area (Å²) in [5.74, 6) is 1.06. The average molecular weight is 307 g/mol. The zero-order valence-corrected chi connectivity index (χ0v) is 13.0. The molecule has 0 aromatic carbocycles. The van der Waals surface area contributed by atoms with Gasteiger partial charge in [-0.1, -0.05) is 11.6 Å². The highest BCUT2D eigenvalue weighted by Crippen LogP contribution is 2.15. The van der Waals surface area contributed by atoms with E-state index in [2.05, 4.69) is 9.88 Å². The van der Waals surface area contributed by atoms with E-state index in [4.69, 9.17) is 11.6 Å². The summed E-state index contributed by atoms with van der Waals surface area (Å²) in [5.41, 5.74) is 0. The molecule has 0 spiro atoms. The SMILES string of the molecule is CN(C)C1CN(C(=O)CCc2ncc(Cl)n2C)C1.Cl. The fraction of sp³-hybridized carbons (Fsp3) is 0.667. The van der Waals surface area contributed by atoms with Crippen molar-refractivity contribution in [3.05, 3.63) is 17.2 Å². The lowest BCUT2D eigenvalue weighted by Gasteiger charge is -2.42. The van der Waals surface area contributed by atoms with Crippen LogP contribution >= 0.6 is 24.0 Å². The van der Waals surface area contributed by atoms with Gasteiger partial charge in [0.1, 0.15) is 11.0 Å². The second kappa shape index (κ2) is 6.59. The average Bonchev–Trinajstić information content (AvgIpc) is 2.54. The van der Waals surface area contributed by atoms with Crippen molar-refractivity contribution in [1.82, 2.24) is 19.4 Å². The van der Waals surface area contributed by atoms with Crippen LogP contribution in [0.5, 0.6) is 0 Å². The minimum atomic E-state index is 0. The van der Waals surface area contributed by atoms with E-state index in [-0.39, 0.29) is 18.3 Å². The Hall–Kier alpha value is -0.780. The molecule has 0 unspecified atom stereocenters. The summed E-state index contributed by atoms with van der Waals surface area (Å²) in [6.07, 6.45) is 2.76. The van der Waals surface area contributed by atoms with E-state index < -0.39 is 0 Å². The van der Waals surface area contributed by atoms with Gasteiger partial charge in [0.2, 0.25) is 5.91 Å². The number of amides is 1. The highest BCUT2D eigenvalue weighted by Gasteiger charge is 2.31. The van der Waals surface area contributed by atoms with Crippen LogP contribution in [0.15, 0.2) is 6.20 Å². The number of likely N-dealkylation sites (N-methyl/N-ethyl adjacent to an activating group) is 1. The quantitative estimate of drug-likeness (QED) is 0.839. The molecule has 0 radical (unpaired) electrons. The van der Waals surface area contributed by atoms with Crippen molar-refractivity contribution in [2.75, 3.05) is 27.2 Å². The summed E-state index contributed by atoms with van der Waals surface area (Å²) < 4.78 is 1.81. The second-order valence-corrected chi connectivity index (χ2v) is 5.36. The van der Waals surface area contributed by atoms with Gasteiger partial charge in [-0.3, -0.25) is 4.79 Å². The summed E-state index contributed by atoms with van der Waals surface area (Å²) in [5, 5.41) is 0.606. The van der Waals surface area contributed by atoms with E-state index in [1.54, 1.807) is 6.20 Å². The van der Waals surface area contributed by atoms with Crippen LogP contribution in [0.3, 0.4) is 0 Å². The third-order valence-electron chi connectivity index (χ3n) is 3.54. The first-order valence-electron chi connectivity index (χ1n) is 6.09. The number of rotatable bonds is 4. The van der Waals surface area contributed by atoms with Crippen molar-refractivity contribution in [3.63, 3.8) is 0 Å². The van der Waals surface area contributed by atoms with Crippen molar-refractivity contribution < 1.29 is 4.79 Å². The van der Waals surface area contributed by atoms with Crippen LogP contribution in [0, 0.1) is 0 Å². The van der Waals surface area contributed by atoms with Gasteiger partial charge in [0.15, 0.2) is 0 Å². The topological polar surface area (TPSA) is 41.4 Å². The molecular formula is C12H20Cl2N4O. The van der Waals surface area contributed by atoms with Crippen LogP contribution < -0.4 is 0 Å². The van der Waals surface area contributed by atoms with Crippen LogP contribution in [0.25, 0.3) is 0 Å². The Bertz CT molecular complexity index is 441. The summed E-state index contributed by atoms with van der Waals surface area (Å²) in [7, 11) is 5.95. The Morgan fingerprint density at radius 2 is 2.16 bits per heavy atom. The van der Waals surface area contributed by atoms with E-state index in [9.17, 15) is 4.79 Å². The van der Waals surface area contributed by atoms with E-state index in [1.807, 2.05) is 30.6 Å². The molecule has 2 rings (SSSR count). The minimum Gasteiger partial charge on any atom is -0.339 e. The monoisotopic (exact) mass is 306 g/mol. The molecule has 0 N–H and O–H groups in total. The molecule has 5 nitrogen and oxygen atoms in total. The molecule has 1 aliphatic heterocycles. The van der Waals surface area contributed by atoms with Crippen molar-refractivity contribution >= 4 is 29.9 Å².